The van der Waals surface area contributed by atoms with Gasteiger partial charge >= 0.3 is 0 Å². The van der Waals surface area contributed by atoms with E-state index in [0.29, 0.717) is 0 Å². The fraction of sp³-hybridized carbons (Fsp3) is 1.00. The number of ether oxygens (including phenoxy) is 2. The Morgan fingerprint density at radius 1 is 1.55 bits per heavy atom. The van der Waals surface area contributed by atoms with Crippen LogP contribution >= 0.6 is 0 Å². The van der Waals surface area contributed by atoms with Crippen LogP contribution in [0.1, 0.15) is 0 Å². The lowest BCUT2D eigenvalue weighted by Crippen LogP contribution is -2.51. The van der Waals surface area contributed by atoms with Crippen molar-refractivity contribution in [3.63, 3.8) is 0 Å². The minimum atomic E-state index is -1.69. The standard InChI is InChI=1S/C6H11FO4/c1-10-6-5(9)4(7)3(8)2-11-6/h3-6,8-9H,2H2,1H3/t3-,4+,5-,6-/m1/s1. The van der Waals surface area contributed by atoms with Crippen LogP contribution in [0.2, 0.25) is 0 Å². The van der Waals surface area contributed by atoms with Crippen molar-refractivity contribution >= 4 is 0 Å². The highest BCUT2D eigenvalue weighted by atomic mass is 19.1. The van der Waals surface area contributed by atoms with Crippen molar-refractivity contribution in [2.45, 2.75) is 24.7 Å². The van der Waals surface area contributed by atoms with Gasteiger partial charge in [0.05, 0.1) is 6.61 Å². The van der Waals surface area contributed by atoms with Gasteiger partial charge in [-0.15, -0.1) is 0 Å². The van der Waals surface area contributed by atoms with Crippen molar-refractivity contribution < 1.29 is 24.1 Å². The summed E-state index contributed by atoms with van der Waals surface area (Å²) >= 11 is 0. The second-order valence-corrected chi connectivity index (χ2v) is 2.44. The number of aliphatic hydroxyl groups is 2. The molecule has 1 rings (SSSR count). The quantitative estimate of drug-likeness (QED) is 0.527. The van der Waals surface area contributed by atoms with E-state index < -0.39 is 24.7 Å². The van der Waals surface area contributed by atoms with Crippen molar-refractivity contribution in [3.05, 3.63) is 0 Å². The van der Waals surface area contributed by atoms with Crippen molar-refractivity contribution in [1.29, 1.82) is 0 Å². The maximum Gasteiger partial charge on any atom is 0.186 e. The molecule has 0 aliphatic carbocycles. The van der Waals surface area contributed by atoms with Gasteiger partial charge in [-0.1, -0.05) is 0 Å². The Kier molecular flexibility index (Phi) is 2.78. The predicted octanol–water partition coefficient (Wildman–Crippen LogP) is -0.951. The molecule has 0 aromatic heterocycles. The van der Waals surface area contributed by atoms with Gasteiger partial charge in [0, 0.05) is 7.11 Å². The summed E-state index contributed by atoms with van der Waals surface area (Å²) in [6.45, 7) is -0.142. The minimum Gasteiger partial charge on any atom is -0.388 e. The highest BCUT2D eigenvalue weighted by Crippen LogP contribution is 2.18. The highest BCUT2D eigenvalue weighted by molar-refractivity contribution is 4.82. The average molecular weight is 166 g/mol. The Balaban J connectivity index is 2.52. The first-order valence-electron chi connectivity index (χ1n) is 3.31. The third-order valence-electron chi connectivity index (χ3n) is 1.64. The third-order valence-corrected chi connectivity index (χ3v) is 1.64. The van der Waals surface area contributed by atoms with Crippen LogP contribution < -0.4 is 0 Å². The number of hydrogen-bond acceptors (Lipinski definition) is 4. The predicted molar refractivity (Wildman–Crippen MR) is 33.7 cm³/mol. The van der Waals surface area contributed by atoms with Gasteiger partial charge in [0.25, 0.3) is 0 Å². The van der Waals surface area contributed by atoms with Crippen LogP contribution in [-0.2, 0) is 9.47 Å². The largest absolute Gasteiger partial charge is 0.388 e. The van der Waals surface area contributed by atoms with E-state index in [1.54, 1.807) is 0 Å². The van der Waals surface area contributed by atoms with Crippen molar-refractivity contribution in [3.8, 4) is 0 Å². The summed E-state index contributed by atoms with van der Waals surface area (Å²) in [6, 6.07) is 0. The molecule has 5 heteroatoms. The molecule has 2 N–H and O–H groups in total. The maximum absolute atomic E-state index is 12.7. The van der Waals surface area contributed by atoms with E-state index in [2.05, 4.69) is 4.74 Å². The number of alkyl halides is 1. The topological polar surface area (TPSA) is 58.9 Å². The summed E-state index contributed by atoms with van der Waals surface area (Å²) in [7, 11) is 1.30. The molecular formula is C6H11FO4. The van der Waals surface area contributed by atoms with Gasteiger partial charge in [-0.25, -0.2) is 4.39 Å². The second-order valence-electron chi connectivity index (χ2n) is 2.44. The van der Waals surface area contributed by atoms with Crippen LogP contribution in [0.5, 0.6) is 0 Å². The smallest absolute Gasteiger partial charge is 0.186 e. The lowest BCUT2D eigenvalue weighted by molar-refractivity contribution is -0.249. The molecule has 1 heterocycles. The fourth-order valence-electron chi connectivity index (χ4n) is 0.969. The van der Waals surface area contributed by atoms with E-state index in [4.69, 9.17) is 14.9 Å². The Labute approximate surface area is 63.5 Å². The SMILES string of the molecule is CO[C@@H]1OC[C@@H](O)[C@H](F)[C@H]1O. The Morgan fingerprint density at radius 3 is 2.73 bits per heavy atom. The van der Waals surface area contributed by atoms with Crippen LogP contribution in [0.25, 0.3) is 0 Å². The molecule has 0 bridgehead atoms. The number of hydrogen-bond donors (Lipinski definition) is 2. The molecule has 1 fully saturated rings. The number of aliphatic hydroxyl groups excluding tert-OH is 2. The molecule has 1 aliphatic heterocycles. The van der Waals surface area contributed by atoms with Crippen LogP contribution in [0, 0.1) is 0 Å². The lowest BCUT2D eigenvalue weighted by atomic mass is 10.1. The summed E-state index contributed by atoms with van der Waals surface area (Å²) in [4.78, 5) is 0. The van der Waals surface area contributed by atoms with Crippen molar-refractivity contribution in [1.82, 2.24) is 0 Å². The zero-order valence-corrected chi connectivity index (χ0v) is 6.11. The first-order chi connectivity index (χ1) is 5.16. The lowest BCUT2D eigenvalue weighted by Gasteiger charge is -2.32. The zero-order chi connectivity index (χ0) is 8.43. The molecule has 0 aromatic carbocycles. The van der Waals surface area contributed by atoms with Crippen molar-refractivity contribution in [2.75, 3.05) is 13.7 Å². The molecule has 1 saturated heterocycles. The van der Waals surface area contributed by atoms with E-state index in [9.17, 15) is 4.39 Å². The fourth-order valence-corrected chi connectivity index (χ4v) is 0.969. The molecule has 4 atom stereocenters. The molecule has 0 aromatic rings. The molecule has 66 valence electrons. The first-order valence-corrected chi connectivity index (χ1v) is 3.31. The first kappa shape index (κ1) is 8.86. The van der Waals surface area contributed by atoms with E-state index in [0.717, 1.165) is 0 Å². The van der Waals surface area contributed by atoms with Crippen LogP contribution in [0.15, 0.2) is 0 Å². The molecule has 0 spiro atoms. The van der Waals surface area contributed by atoms with Gasteiger partial charge in [0.1, 0.15) is 12.2 Å². The summed E-state index contributed by atoms with van der Waals surface area (Å²) < 4.78 is 22.1. The summed E-state index contributed by atoms with van der Waals surface area (Å²) in [5.41, 5.74) is 0. The van der Waals surface area contributed by atoms with E-state index in [1.165, 1.54) is 7.11 Å². The molecule has 0 radical (unpaired) electrons. The van der Waals surface area contributed by atoms with Crippen molar-refractivity contribution in [2.24, 2.45) is 0 Å². The number of rotatable bonds is 1. The molecule has 0 unspecified atom stereocenters. The van der Waals surface area contributed by atoms with Gasteiger partial charge in [-0.05, 0) is 0 Å². The van der Waals surface area contributed by atoms with Gasteiger partial charge in [0.15, 0.2) is 12.5 Å². The second kappa shape index (κ2) is 3.44. The van der Waals surface area contributed by atoms with E-state index in [-0.39, 0.29) is 6.61 Å². The third kappa shape index (κ3) is 1.67. The maximum atomic E-state index is 12.7. The molecule has 1 aliphatic rings. The van der Waals surface area contributed by atoms with Crippen LogP contribution in [-0.4, -0.2) is 48.6 Å². The Bertz CT molecular complexity index is 130. The molecule has 11 heavy (non-hydrogen) atoms. The number of halogens is 1. The average Bonchev–Trinajstić information content (AvgIpc) is 2.01. The number of methoxy groups -OCH3 is 1. The summed E-state index contributed by atoms with van der Waals surface area (Å²) in [5, 5.41) is 17.9. The Hall–Kier alpha value is -0.230. The highest BCUT2D eigenvalue weighted by Gasteiger charge is 2.38. The molecular weight excluding hydrogens is 155 g/mol. The summed E-state index contributed by atoms with van der Waals surface area (Å²) in [6.07, 6.45) is -5.30. The molecule has 0 amide bonds. The normalized spacial score (nSPS) is 45.8. The van der Waals surface area contributed by atoms with Gasteiger partial charge in [-0.2, -0.15) is 0 Å². The Morgan fingerprint density at radius 2 is 2.18 bits per heavy atom. The molecule has 4 nitrogen and oxygen atoms in total. The van der Waals surface area contributed by atoms with Crippen LogP contribution in [0.3, 0.4) is 0 Å². The van der Waals surface area contributed by atoms with E-state index >= 15 is 0 Å². The van der Waals surface area contributed by atoms with E-state index in [1.807, 2.05) is 0 Å². The van der Waals surface area contributed by atoms with Gasteiger partial charge in [0.2, 0.25) is 0 Å². The van der Waals surface area contributed by atoms with Gasteiger partial charge < -0.3 is 19.7 Å². The minimum absolute atomic E-state index is 0.142. The summed E-state index contributed by atoms with van der Waals surface area (Å²) in [5.74, 6) is 0. The van der Waals surface area contributed by atoms with Gasteiger partial charge in [-0.3, -0.25) is 0 Å². The van der Waals surface area contributed by atoms with Crippen LogP contribution in [0.4, 0.5) is 4.39 Å². The monoisotopic (exact) mass is 166 g/mol. The zero-order valence-electron chi connectivity index (χ0n) is 6.11. The molecule has 0 saturated carbocycles.